The molecule has 2 rings (SSSR count). The Kier molecular flexibility index (Phi) is 4.86. The summed E-state index contributed by atoms with van der Waals surface area (Å²) < 4.78 is 11.2. The van der Waals surface area contributed by atoms with Gasteiger partial charge in [0.2, 0.25) is 0 Å². The second kappa shape index (κ2) is 6.62. The van der Waals surface area contributed by atoms with E-state index in [0.717, 1.165) is 17.2 Å². The van der Waals surface area contributed by atoms with Gasteiger partial charge >= 0.3 is 0 Å². The van der Waals surface area contributed by atoms with Crippen LogP contribution in [0, 0.1) is 0 Å². The fourth-order valence-electron chi connectivity index (χ4n) is 1.71. The maximum Gasteiger partial charge on any atom is 0.127 e. The van der Waals surface area contributed by atoms with Gasteiger partial charge in [-0.05, 0) is 55.8 Å². The van der Waals surface area contributed by atoms with Crippen molar-refractivity contribution in [2.75, 3.05) is 6.61 Å². The first-order chi connectivity index (χ1) is 9.19. The molecule has 100 valence electrons. The lowest BCUT2D eigenvalue weighted by molar-refractivity contribution is 0.339. The fourth-order valence-corrected chi connectivity index (χ4v) is 2.01. The zero-order valence-corrected chi connectivity index (χ0v) is 12.7. The van der Waals surface area contributed by atoms with E-state index in [1.54, 1.807) is 0 Å². The molecule has 0 aliphatic rings. The van der Waals surface area contributed by atoms with Gasteiger partial charge in [0.05, 0.1) is 6.61 Å². The first kappa shape index (κ1) is 13.9. The summed E-state index contributed by atoms with van der Waals surface area (Å²) in [5, 5.41) is 0. The molecular weight excluding hydrogens is 304 g/mol. The Morgan fingerprint density at radius 2 is 1.37 bits per heavy atom. The number of hydrogen-bond donors (Lipinski definition) is 0. The molecule has 0 bridgehead atoms. The van der Waals surface area contributed by atoms with Crippen molar-refractivity contribution in [1.29, 1.82) is 0 Å². The molecule has 0 spiro atoms. The summed E-state index contributed by atoms with van der Waals surface area (Å²) in [6.45, 7) is 4.74. The Bertz CT molecular complexity index is 503. The number of hydrogen-bond acceptors (Lipinski definition) is 2. The summed E-state index contributed by atoms with van der Waals surface area (Å²) in [7, 11) is 0. The van der Waals surface area contributed by atoms with Gasteiger partial charge in [-0.3, -0.25) is 0 Å². The fraction of sp³-hybridized carbons (Fsp3) is 0.250. The van der Waals surface area contributed by atoms with Crippen molar-refractivity contribution in [3.63, 3.8) is 0 Å². The van der Waals surface area contributed by atoms with Crippen molar-refractivity contribution in [3.05, 3.63) is 54.1 Å². The maximum atomic E-state index is 5.78. The lowest BCUT2D eigenvalue weighted by Gasteiger charge is -2.09. The summed E-state index contributed by atoms with van der Waals surface area (Å²) in [5.74, 6) is 2.50. The van der Waals surface area contributed by atoms with Crippen LogP contribution in [0.2, 0.25) is 0 Å². The smallest absolute Gasteiger partial charge is 0.127 e. The molecule has 0 fully saturated rings. The van der Waals surface area contributed by atoms with Gasteiger partial charge in [-0.1, -0.05) is 28.1 Å². The first-order valence-corrected chi connectivity index (χ1v) is 7.25. The molecule has 2 aromatic carbocycles. The highest BCUT2D eigenvalue weighted by atomic mass is 79.9. The van der Waals surface area contributed by atoms with Crippen molar-refractivity contribution in [2.45, 2.75) is 18.7 Å². The highest BCUT2D eigenvalue weighted by molar-refractivity contribution is 9.09. The van der Waals surface area contributed by atoms with Crippen molar-refractivity contribution in [2.24, 2.45) is 0 Å². The van der Waals surface area contributed by atoms with Crippen LogP contribution in [0.25, 0.3) is 0 Å². The Labute approximate surface area is 122 Å². The standard InChI is InChI=1S/C16H17BrO2/c1-3-18-14-8-10-16(11-9-14)19-15-6-4-13(5-7-15)12(2)17/h4-12H,3H2,1-2H3. The zero-order valence-electron chi connectivity index (χ0n) is 11.1. The molecule has 0 saturated heterocycles. The quantitative estimate of drug-likeness (QED) is 0.693. The van der Waals surface area contributed by atoms with Gasteiger partial charge in [0.15, 0.2) is 0 Å². The van der Waals surface area contributed by atoms with Crippen LogP contribution in [0.4, 0.5) is 0 Å². The summed E-state index contributed by atoms with van der Waals surface area (Å²) in [4.78, 5) is 0.354. The third-order valence-corrected chi connectivity index (χ3v) is 3.24. The number of alkyl halides is 1. The molecule has 2 aromatic rings. The van der Waals surface area contributed by atoms with Crippen LogP contribution in [0.15, 0.2) is 48.5 Å². The SMILES string of the molecule is CCOc1ccc(Oc2ccc(C(C)Br)cc2)cc1. The van der Waals surface area contributed by atoms with Crippen LogP contribution in [-0.2, 0) is 0 Å². The van der Waals surface area contributed by atoms with Gasteiger partial charge in [-0.25, -0.2) is 0 Å². The first-order valence-electron chi connectivity index (χ1n) is 6.34. The average Bonchev–Trinajstić information content (AvgIpc) is 2.42. The van der Waals surface area contributed by atoms with E-state index in [4.69, 9.17) is 9.47 Å². The predicted octanol–water partition coefficient (Wildman–Crippen LogP) is 5.33. The summed E-state index contributed by atoms with van der Waals surface area (Å²) in [5.41, 5.74) is 1.24. The highest BCUT2D eigenvalue weighted by Gasteiger charge is 2.02. The minimum Gasteiger partial charge on any atom is -0.494 e. The van der Waals surface area contributed by atoms with Gasteiger partial charge in [0.1, 0.15) is 17.2 Å². The molecule has 3 heteroatoms. The summed E-state index contributed by atoms with van der Waals surface area (Å²) >= 11 is 3.54. The molecule has 2 nitrogen and oxygen atoms in total. The van der Waals surface area contributed by atoms with E-state index in [2.05, 4.69) is 35.0 Å². The van der Waals surface area contributed by atoms with Crippen molar-refractivity contribution < 1.29 is 9.47 Å². The van der Waals surface area contributed by atoms with Crippen LogP contribution in [0.1, 0.15) is 24.2 Å². The lowest BCUT2D eigenvalue weighted by atomic mass is 10.2. The van der Waals surface area contributed by atoms with E-state index < -0.39 is 0 Å². The van der Waals surface area contributed by atoms with Gasteiger partial charge in [-0.15, -0.1) is 0 Å². The Hall–Kier alpha value is -1.48. The highest BCUT2D eigenvalue weighted by Crippen LogP contribution is 2.27. The lowest BCUT2D eigenvalue weighted by Crippen LogP contribution is -1.91. The molecule has 0 aliphatic heterocycles. The minimum absolute atomic E-state index is 0.354. The average molecular weight is 321 g/mol. The van der Waals surface area contributed by atoms with E-state index in [1.165, 1.54) is 5.56 Å². The number of ether oxygens (including phenoxy) is 2. The molecule has 1 unspecified atom stereocenters. The van der Waals surface area contributed by atoms with Crippen LogP contribution in [-0.4, -0.2) is 6.61 Å². The number of halogens is 1. The zero-order chi connectivity index (χ0) is 13.7. The second-order valence-electron chi connectivity index (χ2n) is 4.19. The predicted molar refractivity (Wildman–Crippen MR) is 81.5 cm³/mol. The van der Waals surface area contributed by atoms with Gasteiger partial charge in [0, 0.05) is 4.83 Å². The molecule has 1 atom stereocenters. The molecule has 0 heterocycles. The van der Waals surface area contributed by atoms with Crippen molar-refractivity contribution >= 4 is 15.9 Å². The van der Waals surface area contributed by atoms with Gasteiger partial charge in [-0.2, -0.15) is 0 Å². The number of rotatable bonds is 5. The number of benzene rings is 2. The Balaban J connectivity index is 2.04. The topological polar surface area (TPSA) is 18.5 Å². The molecule has 0 N–H and O–H groups in total. The van der Waals surface area contributed by atoms with Crippen LogP contribution >= 0.6 is 15.9 Å². The van der Waals surface area contributed by atoms with E-state index in [-0.39, 0.29) is 0 Å². The monoisotopic (exact) mass is 320 g/mol. The molecule has 0 radical (unpaired) electrons. The Morgan fingerprint density at radius 3 is 1.84 bits per heavy atom. The third kappa shape index (κ3) is 4.00. The third-order valence-electron chi connectivity index (χ3n) is 2.71. The van der Waals surface area contributed by atoms with Crippen LogP contribution in [0.3, 0.4) is 0 Å². The molecule has 0 aliphatic carbocycles. The van der Waals surface area contributed by atoms with E-state index in [0.29, 0.717) is 11.4 Å². The van der Waals surface area contributed by atoms with Crippen LogP contribution < -0.4 is 9.47 Å². The van der Waals surface area contributed by atoms with Crippen molar-refractivity contribution in [3.8, 4) is 17.2 Å². The second-order valence-corrected chi connectivity index (χ2v) is 5.57. The summed E-state index contributed by atoms with van der Waals surface area (Å²) in [6.07, 6.45) is 0. The van der Waals surface area contributed by atoms with Gasteiger partial charge < -0.3 is 9.47 Å². The minimum atomic E-state index is 0.354. The normalized spacial score (nSPS) is 11.9. The van der Waals surface area contributed by atoms with Gasteiger partial charge in [0.25, 0.3) is 0 Å². The molecular formula is C16H17BrO2. The summed E-state index contributed by atoms with van der Waals surface area (Å²) in [6, 6.07) is 15.7. The molecule has 0 saturated carbocycles. The van der Waals surface area contributed by atoms with E-state index in [1.807, 2.05) is 43.3 Å². The van der Waals surface area contributed by atoms with E-state index in [9.17, 15) is 0 Å². The molecule has 0 amide bonds. The van der Waals surface area contributed by atoms with Crippen LogP contribution in [0.5, 0.6) is 17.2 Å². The van der Waals surface area contributed by atoms with Crippen molar-refractivity contribution in [1.82, 2.24) is 0 Å². The molecule has 0 aromatic heterocycles. The largest absolute Gasteiger partial charge is 0.494 e. The maximum absolute atomic E-state index is 5.78. The Morgan fingerprint density at radius 1 is 0.895 bits per heavy atom. The van der Waals surface area contributed by atoms with E-state index >= 15 is 0 Å². The molecule has 19 heavy (non-hydrogen) atoms.